The molecule has 9 nitrogen and oxygen atoms in total. The summed E-state index contributed by atoms with van der Waals surface area (Å²) in [7, 11) is 1.67. The van der Waals surface area contributed by atoms with E-state index in [9.17, 15) is 14.9 Å². The Labute approximate surface area is 190 Å². The topological polar surface area (TPSA) is 93.7 Å². The average molecular weight is 456 g/mol. The first-order chi connectivity index (χ1) is 15.6. The van der Waals surface area contributed by atoms with Crippen LogP contribution in [0.2, 0.25) is 0 Å². The minimum Gasteiger partial charge on any atom is -0.383 e. The highest BCUT2D eigenvalue weighted by Gasteiger charge is 2.25. The molecule has 1 aliphatic heterocycles. The Morgan fingerprint density at radius 2 is 1.84 bits per heavy atom. The van der Waals surface area contributed by atoms with Crippen LogP contribution >= 0.6 is 11.8 Å². The minimum atomic E-state index is -0.362. The van der Waals surface area contributed by atoms with Crippen molar-refractivity contribution >= 4 is 40.1 Å². The lowest BCUT2D eigenvalue weighted by Gasteiger charge is -2.35. The number of para-hydroxylation sites is 4. The second-order valence-electron chi connectivity index (χ2n) is 7.43. The van der Waals surface area contributed by atoms with Gasteiger partial charge in [0.05, 0.1) is 28.3 Å². The van der Waals surface area contributed by atoms with Gasteiger partial charge in [0.2, 0.25) is 5.91 Å². The zero-order valence-electron chi connectivity index (χ0n) is 17.8. The average Bonchev–Trinajstić information content (AvgIpc) is 3.18. The predicted molar refractivity (Wildman–Crippen MR) is 124 cm³/mol. The van der Waals surface area contributed by atoms with E-state index in [1.807, 2.05) is 34.1 Å². The fraction of sp³-hybridized carbons (Fsp3) is 0.364. The summed E-state index contributed by atoms with van der Waals surface area (Å²) in [5, 5.41) is 12.1. The summed E-state index contributed by atoms with van der Waals surface area (Å²) >= 11 is 1.43. The monoisotopic (exact) mass is 455 g/mol. The molecule has 0 aliphatic carbocycles. The van der Waals surface area contributed by atoms with E-state index in [0.717, 1.165) is 16.2 Å². The number of nitro groups is 1. The van der Waals surface area contributed by atoms with E-state index in [1.165, 1.54) is 17.8 Å². The summed E-state index contributed by atoms with van der Waals surface area (Å²) in [5.41, 5.74) is 2.62. The Balaban J connectivity index is 1.38. The molecule has 0 saturated carbocycles. The molecule has 1 amide bonds. The standard InChI is InChI=1S/C22H25N5O4S/c1-31-15-14-26-18-7-3-2-6-17(18)23-22(26)32-16-21(28)25-12-10-24(11-13-25)19-8-4-5-9-20(19)27(29)30/h2-9H,10-16H2,1H3. The summed E-state index contributed by atoms with van der Waals surface area (Å²) in [6.07, 6.45) is 0. The quantitative estimate of drug-likeness (QED) is 0.293. The molecule has 4 rings (SSSR count). The lowest BCUT2D eigenvalue weighted by atomic mass is 10.2. The number of carbonyl (C=O) groups excluding carboxylic acids is 1. The van der Waals surface area contributed by atoms with Crippen LogP contribution in [0.4, 0.5) is 11.4 Å². The van der Waals surface area contributed by atoms with Crippen LogP contribution < -0.4 is 4.90 Å². The van der Waals surface area contributed by atoms with E-state index in [1.54, 1.807) is 25.3 Å². The van der Waals surface area contributed by atoms with Crippen molar-refractivity contribution in [3.05, 3.63) is 58.6 Å². The number of fused-ring (bicyclic) bond motifs is 1. The van der Waals surface area contributed by atoms with E-state index in [2.05, 4.69) is 9.55 Å². The number of nitrogens with zero attached hydrogens (tertiary/aromatic N) is 5. The molecule has 0 spiro atoms. The second-order valence-corrected chi connectivity index (χ2v) is 8.37. The van der Waals surface area contributed by atoms with Crippen LogP contribution in [0.1, 0.15) is 0 Å². The zero-order valence-corrected chi connectivity index (χ0v) is 18.7. The van der Waals surface area contributed by atoms with Crippen molar-refractivity contribution in [3.8, 4) is 0 Å². The molecule has 32 heavy (non-hydrogen) atoms. The molecule has 168 valence electrons. The molecular formula is C22H25N5O4S. The zero-order chi connectivity index (χ0) is 22.5. The largest absolute Gasteiger partial charge is 0.383 e. The molecule has 1 aliphatic rings. The number of amides is 1. The fourth-order valence-electron chi connectivity index (χ4n) is 3.86. The Kier molecular flexibility index (Phi) is 6.91. The maximum Gasteiger partial charge on any atom is 0.292 e. The predicted octanol–water partition coefficient (Wildman–Crippen LogP) is 3.03. The first-order valence-electron chi connectivity index (χ1n) is 10.4. The van der Waals surface area contributed by atoms with Gasteiger partial charge in [0.1, 0.15) is 5.69 Å². The van der Waals surface area contributed by atoms with Crippen LogP contribution in [0.5, 0.6) is 0 Å². The number of imidazole rings is 1. The van der Waals surface area contributed by atoms with Crippen LogP contribution in [0.3, 0.4) is 0 Å². The lowest BCUT2D eigenvalue weighted by Crippen LogP contribution is -2.49. The van der Waals surface area contributed by atoms with Crippen molar-refractivity contribution in [2.75, 3.05) is 50.5 Å². The van der Waals surface area contributed by atoms with Crippen molar-refractivity contribution in [2.45, 2.75) is 11.7 Å². The summed E-state index contributed by atoms with van der Waals surface area (Å²) < 4.78 is 7.32. The maximum atomic E-state index is 12.8. The summed E-state index contributed by atoms with van der Waals surface area (Å²) in [5.74, 6) is 0.337. The van der Waals surface area contributed by atoms with Gasteiger partial charge in [-0.3, -0.25) is 14.9 Å². The Morgan fingerprint density at radius 1 is 1.12 bits per heavy atom. The molecule has 1 fully saturated rings. The summed E-state index contributed by atoms with van der Waals surface area (Å²) in [4.78, 5) is 32.3. The van der Waals surface area contributed by atoms with Gasteiger partial charge in [0.25, 0.3) is 5.69 Å². The highest BCUT2D eigenvalue weighted by Crippen LogP contribution is 2.29. The summed E-state index contributed by atoms with van der Waals surface area (Å²) in [6, 6.07) is 14.6. The molecule has 0 radical (unpaired) electrons. The molecule has 0 atom stereocenters. The third-order valence-electron chi connectivity index (χ3n) is 5.51. The number of hydrogen-bond donors (Lipinski definition) is 0. The molecule has 2 aromatic carbocycles. The van der Waals surface area contributed by atoms with Gasteiger partial charge in [-0.1, -0.05) is 36.0 Å². The third kappa shape index (κ3) is 4.71. The maximum absolute atomic E-state index is 12.8. The smallest absolute Gasteiger partial charge is 0.292 e. The van der Waals surface area contributed by atoms with Gasteiger partial charge >= 0.3 is 0 Å². The number of aromatic nitrogens is 2. The number of ether oxygens (including phenoxy) is 1. The van der Waals surface area contributed by atoms with E-state index >= 15 is 0 Å². The number of anilines is 1. The van der Waals surface area contributed by atoms with E-state index in [4.69, 9.17) is 4.74 Å². The molecule has 0 N–H and O–H groups in total. The van der Waals surface area contributed by atoms with Crippen molar-refractivity contribution in [3.63, 3.8) is 0 Å². The van der Waals surface area contributed by atoms with Gasteiger partial charge in [-0.25, -0.2) is 4.98 Å². The van der Waals surface area contributed by atoms with Crippen LogP contribution in [0, 0.1) is 10.1 Å². The highest BCUT2D eigenvalue weighted by molar-refractivity contribution is 7.99. The number of piperazine rings is 1. The first kappa shape index (κ1) is 22.1. The number of methoxy groups -OCH3 is 1. The van der Waals surface area contributed by atoms with Gasteiger partial charge in [0, 0.05) is 45.9 Å². The van der Waals surface area contributed by atoms with Crippen LogP contribution in [-0.2, 0) is 16.1 Å². The fourth-order valence-corrected chi connectivity index (χ4v) is 4.81. The summed E-state index contributed by atoms with van der Waals surface area (Å²) in [6.45, 7) is 3.43. The van der Waals surface area contributed by atoms with Gasteiger partial charge in [0.15, 0.2) is 5.16 Å². The van der Waals surface area contributed by atoms with Crippen LogP contribution in [-0.4, -0.2) is 70.9 Å². The van der Waals surface area contributed by atoms with Crippen LogP contribution in [0.25, 0.3) is 11.0 Å². The number of hydrogen-bond acceptors (Lipinski definition) is 7. The first-order valence-corrected chi connectivity index (χ1v) is 11.4. The van der Waals surface area contributed by atoms with Gasteiger partial charge in [-0.2, -0.15) is 0 Å². The number of nitro benzene ring substituents is 1. The number of benzene rings is 2. The van der Waals surface area contributed by atoms with Crippen molar-refractivity contribution in [1.29, 1.82) is 0 Å². The molecule has 0 unspecified atom stereocenters. The number of rotatable bonds is 8. The van der Waals surface area contributed by atoms with Crippen molar-refractivity contribution in [2.24, 2.45) is 0 Å². The molecule has 2 heterocycles. The lowest BCUT2D eigenvalue weighted by molar-refractivity contribution is -0.384. The third-order valence-corrected chi connectivity index (χ3v) is 6.48. The molecule has 1 aromatic heterocycles. The Bertz CT molecular complexity index is 1110. The van der Waals surface area contributed by atoms with E-state index in [-0.39, 0.29) is 16.5 Å². The van der Waals surface area contributed by atoms with Crippen molar-refractivity contribution in [1.82, 2.24) is 14.5 Å². The Hall–Kier alpha value is -3.11. The van der Waals surface area contributed by atoms with Crippen molar-refractivity contribution < 1.29 is 14.5 Å². The van der Waals surface area contributed by atoms with Gasteiger partial charge < -0.3 is 19.1 Å². The SMILES string of the molecule is COCCn1c(SCC(=O)N2CCN(c3ccccc3[N+](=O)[O-])CC2)nc2ccccc21. The van der Waals surface area contributed by atoms with Gasteiger partial charge in [-0.15, -0.1) is 0 Å². The molecule has 0 bridgehead atoms. The van der Waals surface area contributed by atoms with Gasteiger partial charge in [-0.05, 0) is 18.2 Å². The molecule has 3 aromatic rings. The highest BCUT2D eigenvalue weighted by atomic mass is 32.2. The molecular weight excluding hydrogens is 430 g/mol. The second kappa shape index (κ2) is 10.0. The molecule has 1 saturated heterocycles. The molecule has 10 heteroatoms. The van der Waals surface area contributed by atoms with E-state index in [0.29, 0.717) is 50.8 Å². The normalized spacial score (nSPS) is 14.2. The minimum absolute atomic E-state index is 0.0440. The van der Waals surface area contributed by atoms with E-state index < -0.39 is 0 Å². The number of thioether (sulfide) groups is 1. The number of carbonyl (C=O) groups is 1. The van der Waals surface area contributed by atoms with Crippen LogP contribution in [0.15, 0.2) is 53.7 Å². The Morgan fingerprint density at radius 3 is 2.59 bits per heavy atom.